The molecule has 0 bridgehead atoms. The third-order valence-corrected chi connectivity index (χ3v) is 5.94. The zero-order valence-corrected chi connectivity index (χ0v) is 16.3. The van der Waals surface area contributed by atoms with E-state index in [1.165, 1.54) is 0 Å². The van der Waals surface area contributed by atoms with Crippen LogP contribution in [-0.4, -0.2) is 17.9 Å². The third kappa shape index (κ3) is 4.47. The van der Waals surface area contributed by atoms with E-state index in [1.54, 1.807) is 33.6 Å². The molecule has 0 atom stereocenters. The first-order valence-corrected chi connectivity index (χ1v) is 9.90. The zero-order valence-electron chi connectivity index (χ0n) is 13.1. The first-order chi connectivity index (χ1) is 11.6. The van der Waals surface area contributed by atoms with Crippen LogP contribution in [0.25, 0.3) is 0 Å². The van der Waals surface area contributed by atoms with E-state index < -0.39 is 0 Å². The third-order valence-electron chi connectivity index (χ3n) is 3.40. The minimum absolute atomic E-state index is 0.0129. The lowest BCUT2D eigenvalue weighted by Crippen LogP contribution is -2.25. The average Bonchev–Trinajstić information content (AvgIpc) is 3.24. The Morgan fingerprint density at radius 2 is 2.04 bits per heavy atom. The van der Waals surface area contributed by atoms with E-state index in [4.69, 9.17) is 4.74 Å². The van der Waals surface area contributed by atoms with Crippen LogP contribution in [0, 0.1) is 0 Å². The largest absolute Gasteiger partial charge is 0.488 e. The van der Waals surface area contributed by atoms with E-state index >= 15 is 0 Å². The van der Waals surface area contributed by atoms with Crippen LogP contribution in [0.2, 0.25) is 0 Å². The van der Waals surface area contributed by atoms with Gasteiger partial charge < -0.3 is 9.64 Å². The minimum Gasteiger partial charge on any atom is -0.488 e. The maximum absolute atomic E-state index is 12.6. The molecule has 24 heavy (non-hydrogen) atoms. The Morgan fingerprint density at radius 1 is 1.17 bits per heavy atom. The predicted octanol–water partition coefficient (Wildman–Crippen LogP) is 5.42. The molecule has 3 rings (SSSR count). The Labute approximate surface area is 157 Å². The number of benzene rings is 1. The number of halogens is 1. The number of ether oxygens (including phenoxy) is 1. The summed E-state index contributed by atoms with van der Waals surface area (Å²) in [5, 5.41) is 4.04. The van der Waals surface area contributed by atoms with Gasteiger partial charge in [0.1, 0.15) is 12.4 Å². The Kier molecular flexibility index (Phi) is 5.71. The molecule has 0 saturated carbocycles. The second-order valence-electron chi connectivity index (χ2n) is 5.29. The van der Waals surface area contributed by atoms with Crippen LogP contribution in [0.5, 0.6) is 5.75 Å². The molecule has 3 nitrogen and oxygen atoms in total. The first kappa shape index (κ1) is 17.2. The van der Waals surface area contributed by atoms with Crippen molar-refractivity contribution in [3.63, 3.8) is 0 Å². The number of carbonyl (C=O) groups is 1. The van der Waals surface area contributed by atoms with Gasteiger partial charge in [-0.25, -0.2) is 0 Å². The molecule has 0 spiro atoms. The number of nitrogens with zero attached hydrogens (tertiary/aromatic N) is 1. The lowest BCUT2D eigenvalue weighted by Gasteiger charge is -2.16. The monoisotopic (exact) mass is 421 g/mol. The molecule has 1 aromatic carbocycles. The van der Waals surface area contributed by atoms with Crippen molar-refractivity contribution in [1.82, 2.24) is 4.90 Å². The Morgan fingerprint density at radius 3 is 2.75 bits per heavy atom. The van der Waals surface area contributed by atoms with Gasteiger partial charge in [-0.1, -0.05) is 12.1 Å². The molecule has 0 fully saturated rings. The second kappa shape index (κ2) is 7.96. The van der Waals surface area contributed by atoms with Crippen molar-refractivity contribution in [2.75, 3.05) is 7.05 Å². The molecule has 0 aliphatic carbocycles. The molecule has 124 valence electrons. The Bertz CT molecular complexity index is 814. The maximum Gasteiger partial charge on any atom is 0.254 e. The molecule has 2 aromatic heterocycles. The Hall–Kier alpha value is -1.63. The van der Waals surface area contributed by atoms with Gasteiger partial charge in [-0.2, -0.15) is 0 Å². The molecule has 0 saturated heterocycles. The number of thiophene rings is 2. The van der Waals surface area contributed by atoms with E-state index in [2.05, 4.69) is 15.9 Å². The molecule has 0 aliphatic heterocycles. The molecule has 6 heteroatoms. The van der Waals surface area contributed by atoms with E-state index in [0.717, 1.165) is 14.2 Å². The summed E-state index contributed by atoms with van der Waals surface area (Å²) in [5.74, 6) is 0.697. The topological polar surface area (TPSA) is 29.5 Å². The summed E-state index contributed by atoms with van der Waals surface area (Å²) < 4.78 is 6.83. The van der Waals surface area contributed by atoms with Crippen LogP contribution in [0.1, 0.15) is 20.1 Å². The van der Waals surface area contributed by atoms with Crippen LogP contribution in [0.4, 0.5) is 0 Å². The molecule has 3 aromatic rings. The van der Waals surface area contributed by atoms with Crippen LogP contribution in [0.15, 0.2) is 57.7 Å². The lowest BCUT2D eigenvalue weighted by atomic mass is 10.2. The number of hydrogen-bond donors (Lipinski definition) is 0. The molecule has 0 N–H and O–H groups in total. The smallest absolute Gasteiger partial charge is 0.254 e. The van der Waals surface area contributed by atoms with E-state index in [9.17, 15) is 4.79 Å². The van der Waals surface area contributed by atoms with Crippen LogP contribution in [0.3, 0.4) is 0 Å². The molecular weight excluding hydrogens is 406 g/mol. The van der Waals surface area contributed by atoms with Crippen molar-refractivity contribution in [1.29, 1.82) is 0 Å². The summed E-state index contributed by atoms with van der Waals surface area (Å²) in [6.07, 6.45) is 0. The van der Waals surface area contributed by atoms with Crippen molar-refractivity contribution in [3.8, 4) is 5.75 Å². The minimum atomic E-state index is -0.0129. The summed E-state index contributed by atoms with van der Waals surface area (Å²) in [6, 6.07) is 13.4. The zero-order chi connectivity index (χ0) is 16.9. The van der Waals surface area contributed by atoms with Crippen molar-refractivity contribution < 1.29 is 9.53 Å². The number of carbonyl (C=O) groups excluding carboxylic acids is 1. The van der Waals surface area contributed by atoms with Crippen molar-refractivity contribution in [2.45, 2.75) is 13.2 Å². The van der Waals surface area contributed by atoms with Crippen LogP contribution in [-0.2, 0) is 13.2 Å². The van der Waals surface area contributed by atoms with Gasteiger partial charge in [0.05, 0.1) is 6.54 Å². The standard InChI is InChI=1S/C18H16BrNO2S2/c1-20(10-17-9-14(19)12-24-17)18(21)13-4-2-5-15(8-13)22-11-16-6-3-7-23-16/h2-9,12H,10-11H2,1H3. The highest BCUT2D eigenvalue weighted by atomic mass is 79.9. The van der Waals surface area contributed by atoms with Gasteiger partial charge in [0, 0.05) is 32.2 Å². The highest BCUT2D eigenvalue weighted by Crippen LogP contribution is 2.22. The fraction of sp³-hybridized carbons (Fsp3) is 0.167. The second-order valence-corrected chi connectivity index (χ2v) is 8.23. The molecule has 2 heterocycles. The van der Waals surface area contributed by atoms with E-state index in [-0.39, 0.29) is 5.91 Å². The summed E-state index contributed by atoms with van der Waals surface area (Å²) >= 11 is 6.73. The predicted molar refractivity (Wildman–Crippen MR) is 103 cm³/mol. The number of rotatable bonds is 6. The molecule has 0 aliphatic rings. The Balaban J connectivity index is 1.64. The quantitative estimate of drug-likeness (QED) is 0.531. The summed E-state index contributed by atoms with van der Waals surface area (Å²) in [4.78, 5) is 16.6. The fourth-order valence-electron chi connectivity index (χ4n) is 2.23. The number of amides is 1. The normalized spacial score (nSPS) is 10.6. The van der Waals surface area contributed by atoms with Crippen molar-refractivity contribution in [2.24, 2.45) is 0 Å². The first-order valence-electron chi connectivity index (χ1n) is 7.35. The average molecular weight is 422 g/mol. The van der Waals surface area contributed by atoms with E-state index in [0.29, 0.717) is 24.5 Å². The number of hydrogen-bond acceptors (Lipinski definition) is 4. The molecule has 1 amide bonds. The maximum atomic E-state index is 12.6. The van der Waals surface area contributed by atoms with Gasteiger partial charge in [0.15, 0.2) is 0 Å². The van der Waals surface area contributed by atoms with Crippen LogP contribution < -0.4 is 4.74 Å². The highest BCUT2D eigenvalue weighted by molar-refractivity contribution is 9.10. The fourth-order valence-corrected chi connectivity index (χ4v) is 4.35. The molecule has 0 radical (unpaired) electrons. The summed E-state index contributed by atoms with van der Waals surface area (Å²) in [5.41, 5.74) is 0.636. The van der Waals surface area contributed by atoms with E-state index in [1.807, 2.05) is 54.2 Å². The van der Waals surface area contributed by atoms with Crippen LogP contribution >= 0.6 is 38.6 Å². The van der Waals surface area contributed by atoms with Gasteiger partial charge in [-0.15, -0.1) is 22.7 Å². The van der Waals surface area contributed by atoms with Gasteiger partial charge in [0.25, 0.3) is 5.91 Å². The highest BCUT2D eigenvalue weighted by Gasteiger charge is 2.13. The van der Waals surface area contributed by atoms with Gasteiger partial charge in [-0.3, -0.25) is 4.79 Å². The molecule has 0 unspecified atom stereocenters. The van der Waals surface area contributed by atoms with Gasteiger partial charge in [-0.05, 0) is 51.6 Å². The summed E-state index contributed by atoms with van der Waals surface area (Å²) in [7, 11) is 1.81. The van der Waals surface area contributed by atoms with Gasteiger partial charge >= 0.3 is 0 Å². The SMILES string of the molecule is CN(Cc1cc(Br)cs1)C(=O)c1cccc(OCc2cccs2)c1. The summed E-state index contributed by atoms with van der Waals surface area (Å²) in [6.45, 7) is 1.11. The van der Waals surface area contributed by atoms with Crippen molar-refractivity contribution in [3.05, 3.63) is 73.0 Å². The van der Waals surface area contributed by atoms with Crippen molar-refractivity contribution >= 4 is 44.5 Å². The van der Waals surface area contributed by atoms with Gasteiger partial charge in [0.2, 0.25) is 0 Å². The lowest BCUT2D eigenvalue weighted by molar-refractivity contribution is 0.0786. The molecular formula is C18H16BrNO2S2.